The van der Waals surface area contributed by atoms with E-state index in [9.17, 15) is 0 Å². The monoisotopic (exact) mass is 372 g/mol. The summed E-state index contributed by atoms with van der Waals surface area (Å²) in [6.07, 6.45) is 17.8. The molecule has 1 saturated heterocycles. The number of hydrogen-bond acceptors (Lipinski definition) is 2. The first-order valence-corrected chi connectivity index (χ1v) is 11.8. The average Bonchev–Trinajstić information content (AvgIpc) is 3.03. The molecule has 0 aliphatic carbocycles. The zero-order chi connectivity index (χ0) is 19.2. The Kier molecular flexibility index (Phi) is 11.8. The van der Waals surface area contributed by atoms with Crippen LogP contribution in [0.1, 0.15) is 96.5 Å². The predicted molar refractivity (Wildman–Crippen MR) is 119 cm³/mol. The Hall–Kier alpha value is -0.860. The summed E-state index contributed by atoms with van der Waals surface area (Å²) in [5, 5.41) is 0. The molecule has 0 radical (unpaired) electrons. The van der Waals surface area contributed by atoms with Crippen molar-refractivity contribution in [3.63, 3.8) is 0 Å². The predicted octanol–water partition coefficient (Wildman–Crippen LogP) is 6.85. The van der Waals surface area contributed by atoms with Crippen LogP contribution in [0.5, 0.6) is 0 Å². The fourth-order valence-electron chi connectivity index (χ4n) is 4.35. The Morgan fingerprint density at radius 2 is 1.22 bits per heavy atom. The van der Waals surface area contributed by atoms with Crippen molar-refractivity contribution >= 4 is 0 Å². The lowest BCUT2D eigenvalue weighted by Gasteiger charge is -2.27. The SMILES string of the molecule is CCCCCCCCCCCCCCN1CCN(Cc2ccccc2)C1C. The highest BCUT2D eigenvalue weighted by atomic mass is 15.4. The van der Waals surface area contributed by atoms with E-state index in [0.29, 0.717) is 6.17 Å². The van der Waals surface area contributed by atoms with Crippen LogP contribution in [0.25, 0.3) is 0 Å². The Morgan fingerprint density at radius 1 is 0.704 bits per heavy atom. The second-order valence-corrected chi connectivity index (χ2v) is 8.51. The summed E-state index contributed by atoms with van der Waals surface area (Å²) in [7, 11) is 0. The summed E-state index contributed by atoms with van der Waals surface area (Å²) >= 11 is 0. The molecule has 2 nitrogen and oxygen atoms in total. The molecule has 0 aromatic heterocycles. The van der Waals surface area contributed by atoms with Crippen LogP contribution in [-0.2, 0) is 6.54 Å². The maximum absolute atomic E-state index is 2.68. The largest absolute Gasteiger partial charge is 0.287 e. The topological polar surface area (TPSA) is 6.48 Å². The molecule has 1 aliphatic rings. The van der Waals surface area contributed by atoms with Crippen LogP contribution < -0.4 is 0 Å². The molecular weight excluding hydrogens is 328 g/mol. The lowest BCUT2D eigenvalue weighted by Crippen LogP contribution is -2.36. The molecule has 1 unspecified atom stereocenters. The van der Waals surface area contributed by atoms with Crippen molar-refractivity contribution in [3.8, 4) is 0 Å². The van der Waals surface area contributed by atoms with E-state index in [1.165, 1.54) is 102 Å². The van der Waals surface area contributed by atoms with Crippen molar-refractivity contribution in [2.45, 2.75) is 104 Å². The Balaban J connectivity index is 1.43. The van der Waals surface area contributed by atoms with E-state index in [1.54, 1.807) is 0 Å². The third kappa shape index (κ3) is 9.25. The van der Waals surface area contributed by atoms with Gasteiger partial charge in [0.25, 0.3) is 0 Å². The minimum Gasteiger partial charge on any atom is -0.287 e. The molecule has 1 heterocycles. The van der Waals surface area contributed by atoms with Crippen LogP contribution in [-0.4, -0.2) is 35.6 Å². The molecule has 0 amide bonds. The summed E-state index contributed by atoms with van der Waals surface area (Å²) < 4.78 is 0. The number of nitrogens with zero attached hydrogens (tertiary/aromatic N) is 2. The van der Waals surface area contributed by atoms with Crippen LogP contribution in [0, 0.1) is 0 Å². The molecule has 27 heavy (non-hydrogen) atoms. The molecule has 1 aliphatic heterocycles. The first kappa shape index (κ1) is 22.4. The van der Waals surface area contributed by atoms with Gasteiger partial charge in [0.15, 0.2) is 0 Å². The van der Waals surface area contributed by atoms with Crippen LogP contribution >= 0.6 is 0 Å². The van der Waals surface area contributed by atoms with Gasteiger partial charge >= 0.3 is 0 Å². The van der Waals surface area contributed by atoms with E-state index in [2.05, 4.69) is 54.0 Å². The molecular formula is C25H44N2. The van der Waals surface area contributed by atoms with E-state index in [4.69, 9.17) is 0 Å². The molecule has 2 rings (SSSR count). The lowest BCUT2D eigenvalue weighted by atomic mass is 10.1. The molecule has 0 N–H and O–H groups in total. The quantitative estimate of drug-likeness (QED) is 0.311. The van der Waals surface area contributed by atoms with Gasteiger partial charge < -0.3 is 0 Å². The standard InChI is InChI=1S/C25H44N2/c1-3-4-5-6-7-8-9-10-11-12-13-17-20-26-21-22-27(24(26)2)23-25-18-15-14-16-19-25/h14-16,18-19,24H,3-13,17,20-23H2,1-2H3. The summed E-state index contributed by atoms with van der Waals surface area (Å²) in [5.74, 6) is 0. The van der Waals surface area contributed by atoms with Crippen molar-refractivity contribution in [2.24, 2.45) is 0 Å². The molecule has 1 fully saturated rings. The van der Waals surface area contributed by atoms with Gasteiger partial charge in [0.05, 0.1) is 6.17 Å². The van der Waals surface area contributed by atoms with Gasteiger partial charge in [0.1, 0.15) is 0 Å². The lowest BCUT2D eigenvalue weighted by molar-refractivity contribution is 0.145. The Bertz CT molecular complexity index is 459. The van der Waals surface area contributed by atoms with Gasteiger partial charge in [-0.25, -0.2) is 0 Å². The fraction of sp³-hybridized carbons (Fsp3) is 0.760. The maximum atomic E-state index is 2.68. The van der Waals surface area contributed by atoms with Crippen LogP contribution in [0.4, 0.5) is 0 Å². The van der Waals surface area contributed by atoms with Crippen molar-refractivity contribution in [2.75, 3.05) is 19.6 Å². The van der Waals surface area contributed by atoms with Crippen molar-refractivity contribution in [1.82, 2.24) is 9.80 Å². The van der Waals surface area contributed by atoms with E-state index in [1.807, 2.05) is 0 Å². The highest BCUT2D eigenvalue weighted by Crippen LogP contribution is 2.19. The van der Waals surface area contributed by atoms with E-state index in [-0.39, 0.29) is 0 Å². The second-order valence-electron chi connectivity index (χ2n) is 8.51. The van der Waals surface area contributed by atoms with Gasteiger partial charge in [-0.3, -0.25) is 9.80 Å². The van der Waals surface area contributed by atoms with Crippen molar-refractivity contribution in [3.05, 3.63) is 35.9 Å². The van der Waals surface area contributed by atoms with E-state index in [0.717, 1.165) is 6.54 Å². The molecule has 1 aromatic carbocycles. The molecule has 0 bridgehead atoms. The molecule has 154 valence electrons. The number of unbranched alkanes of at least 4 members (excludes halogenated alkanes) is 11. The zero-order valence-corrected chi connectivity index (χ0v) is 18.2. The van der Waals surface area contributed by atoms with Gasteiger partial charge in [0, 0.05) is 19.6 Å². The molecule has 0 saturated carbocycles. The Morgan fingerprint density at radius 3 is 1.81 bits per heavy atom. The van der Waals surface area contributed by atoms with Crippen molar-refractivity contribution < 1.29 is 0 Å². The highest BCUT2D eigenvalue weighted by Gasteiger charge is 2.27. The Labute approximate surface area is 169 Å². The summed E-state index contributed by atoms with van der Waals surface area (Å²) in [4.78, 5) is 5.30. The third-order valence-corrected chi connectivity index (χ3v) is 6.26. The maximum Gasteiger partial charge on any atom is 0.0597 e. The summed E-state index contributed by atoms with van der Waals surface area (Å²) in [6.45, 7) is 9.52. The summed E-state index contributed by atoms with van der Waals surface area (Å²) in [6, 6.07) is 10.9. The molecule has 2 heteroatoms. The van der Waals surface area contributed by atoms with Crippen LogP contribution in [0.15, 0.2) is 30.3 Å². The molecule has 0 spiro atoms. The normalized spacial score (nSPS) is 18.4. The molecule has 1 atom stereocenters. The van der Waals surface area contributed by atoms with Gasteiger partial charge in [-0.2, -0.15) is 0 Å². The molecule has 1 aromatic rings. The summed E-state index contributed by atoms with van der Waals surface area (Å²) in [5.41, 5.74) is 1.44. The van der Waals surface area contributed by atoms with E-state index < -0.39 is 0 Å². The van der Waals surface area contributed by atoms with E-state index >= 15 is 0 Å². The third-order valence-electron chi connectivity index (χ3n) is 6.26. The smallest absolute Gasteiger partial charge is 0.0597 e. The number of rotatable bonds is 15. The van der Waals surface area contributed by atoms with Gasteiger partial charge in [0.2, 0.25) is 0 Å². The van der Waals surface area contributed by atoms with Gasteiger partial charge in [-0.15, -0.1) is 0 Å². The second kappa shape index (κ2) is 14.2. The van der Waals surface area contributed by atoms with Crippen LogP contribution in [0.2, 0.25) is 0 Å². The highest BCUT2D eigenvalue weighted by molar-refractivity contribution is 5.14. The van der Waals surface area contributed by atoms with Crippen LogP contribution in [0.3, 0.4) is 0 Å². The van der Waals surface area contributed by atoms with Gasteiger partial charge in [-0.1, -0.05) is 108 Å². The first-order chi connectivity index (χ1) is 13.3. The first-order valence-electron chi connectivity index (χ1n) is 11.8. The zero-order valence-electron chi connectivity index (χ0n) is 18.2. The van der Waals surface area contributed by atoms with Crippen molar-refractivity contribution in [1.29, 1.82) is 0 Å². The fourth-order valence-corrected chi connectivity index (χ4v) is 4.35. The van der Waals surface area contributed by atoms with Gasteiger partial charge in [-0.05, 0) is 25.5 Å². The average molecular weight is 373 g/mol. The number of benzene rings is 1. The number of hydrogen-bond donors (Lipinski definition) is 0. The minimum atomic E-state index is 0.595. The minimum absolute atomic E-state index is 0.595.